The van der Waals surface area contributed by atoms with Crippen LogP contribution in [0.2, 0.25) is 0 Å². The van der Waals surface area contributed by atoms with Gasteiger partial charge in [0.1, 0.15) is 10.5 Å². The second-order valence-electron chi connectivity index (χ2n) is 3.34. The summed E-state index contributed by atoms with van der Waals surface area (Å²) in [5.41, 5.74) is 0.755. The maximum atomic E-state index is 12.1. The molecule has 1 heterocycles. The highest BCUT2D eigenvalue weighted by Gasteiger charge is 2.41. The van der Waals surface area contributed by atoms with Crippen molar-refractivity contribution in [2.24, 2.45) is 0 Å². The number of hydrogen-bond donors (Lipinski definition) is 0. The van der Waals surface area contributed by atoms with E-state index in [9.17, 15) is 13.2 Å². The molecular weight excluding hydrogens is 244 g/mol. The monoisotopic (exact) mass is 254 g/mol. The van der Waals surface area contributed by atoms with Crippen LogP contribution < -0.4 is 0 Å². The molecule has 0 fully saturated rings. The molecule has 1 atom stereocenters. The number of sulfone groups is 1. The third kappa shape index (κ3) is 1.52. The highest BCUT2D eigenvalue weighted by Crippen LogP contribution is 2.43. The Labute approximate surface area is 98.5 Å². The zero-order chi connectivity index (χ0) is 11.8. The Kier molecular flexibility index (Phi) is 2.93. The molecule has 2 rings (SSSR count). The lowest BCUT2D eigenvalue weighted by Gasteiger charge is -2.06. The maximum absolute atomic E-state index is 12.1. The molecule has 0 bridgehead atoms. The first-order valence-corrected chi connectivity index (χ1v) is 7.42. The summed E-state index contributed by atoms with van der Waals surface area (Å²) >= 11 is 1.25. The van der Waals surface area contributed by atoms with Gasteiger partial charge in [0.15, 0.2) is 9.84 Å². The van der Waals surface area contributed by atoms with Crippen LogP contribution in [0.25, 0.3) is 5.57 Å². The fourth-order valence-corrected chi connectivity index (χ4v) is 5.31. The first kappa shape index (κ1) is 11.5. The van der Waals surface area contributed by atoms with E-state index in [0.29, 0.717) is 11.3 Å². The summed E-state index contributed by atoms with van der Waals surface area (Å²) in [6, 6.07) is 6.59. The van der Waals surface area contributed by atoms with E-state index in [4.69, 9.17) is 0 Å². The molecule has 0 aliphatic carbocycles. The number of carbonyl (C=O) groups excluding carboxylic acids is 1. The summed E-state index contributed by atoms with van der Waals surface area (Å²) < 4.78 is 23.5. The number of thioether (sulfide) groups is 1. The zero-order valence-corrected chi connectivity index (χ0v) is 10.3. The zero-order valence-electron chi connectivity index (χ0n) is 8.64. The Morgan fingerprint density at radius 3 is 2.69 bits per heavy atom. The lowest BCUT2D eigenvalue weighted by atomic mass is 10.1. The quantitative estimate of drug-likeness (QED) is 0.755. The molecule has 1 aromatic rings. The van der Waals surface area contributed by atoms with Crippen LogP contribution in [0.3, 0.4) is 0 Å². The van der Waals surface area contributed by atoms with Gasteiger partial charge in [-0.3, -0.25) is 0 Å². The molecule has 1 aliphatic rings. The van der Waals surface area contributed by atoms with E-state index < -0.39 is 14.4 Å². The molecular formula is C11H10O3S2. The van der Waals surface area contributed by atoms with Crippen molar-refractivity contribution in [3.8, 4) is 0 Å². The van der Waals surface area contributed by atoms with E-state index in [-0.39, 0.29) is 10.5 Å². The molecule has 0 saturated heterocycles. The predicted octanol–water partition coefficient (Wildman–Crippen LogP) is 1.77. The first-order chi connectivity index (χ1) is 7.62. The summed E-state index contributed by atoms with van der Waals surface area (Å²) in [6.07, 6.45) is 0. The predicted molar refractivity (Wildman–Crippen MR) is 64.6 cm³/mol. The van der Waals surface area contributed by atoms with Gasteiger partial charge in [-0.05, 0) is 11.8 Å². The number of rotatable bonds is 2. The minimum absolute atomic E-state index is 0.249. The Morgan fingerprint density at radius 1 is 1.38 bits per heavy atom. The van der Waals surface area contributed by atoms with Crippen LogP contribution >= 0.6 is 11.8 Å². The Bertz CT molecular complexity index is 569. The molecule has 16 heavy (non-hydrogen) atoms. The number of benzene rings is 1. The summed E-state index contributed by atoms with van der Waals surface area (Å²) in [5.74, 6) is 2.42. The topological polar surface area (TPSA) is 51.2 Å². The van der Waals surface area contributed by atoms with Crippen molar-refractivity contribution in [2.75, 3.05) is 5.75 Å². The molecule has 5 heteroatoms. The van der Waals surface area contributed by atoms with Gasteiger partial charge in [-0.15, -0.1) is 11.8 Å². The average molecular weight is 254 g/mol. The van der Waals surface area contributed by atoms with Gasteiger partial charge in [0.2, 0.25) is 0 Å². The van der Waals surface area contributed by atoms with Gasteiger partial charge < -0.3 is 0 Å². The van der Waals surface area contributed by atoms with Gasteiger partial charge in [-0.25, -0.2) is 13.2 Å². The Balaban J connectivity index is 2.70. The third-order valence-electron chi connectivity index (χ3n) is 2.43. The van der Waals surface area contributed by atoms with Gasteiger partial charge in [0.25, 0.3) is 0 Å². The van der Waals surface area contributed by atoms with Crippen LogP contribution in [0, 0.1) is 0 Å². The highest BCUT2D eigenvalue weighted by molar-refractivity contribution is 8.14. The van der Waals surface area contributed by atoms with Crippen molar-refractivity contribution < 1.29 is 13.2 Å². The summed E-state index contributed by atoms with van der Waals surface area (Å²) in [4.78, 5) is 11.2. The molecule has 0 radical (unpaired) electrons. The molecule has 0 amide bonds. The van der Waals surface area contributed by atoms with Crippen LogP contribution in [0.15, 0.2) is 29.2 Å². The van der Waals surface area contributed by atoms with E-state index in [0.717, 1.165) is 0 Å². The smallest absolute Gasteiger partial charge is 0.196 e. The average Bonchev–Trinajstić information content (AvgIpc) is 2.49. The minimum Gasteiger partial charge on any atom is -0.233 e. The third-order valence-corrected chi connectivity index (χ3v) is 6.24. The van der Waals surface area contributed by atoms with Crippen LogP contribution in [-0.4, -0.2) is 24.7 Å². The van der Waals surface area contributed by atoms with Crippen molar-refractivity contribution in [1.82, 2.24) is 0 Å². The first-order valence-electron chi connectivity index (χ1n) is 4.82. The van der Waals surface area contributed by atoms with Gasteiger partial charge in [-0.1, -0.05) is 25.1 Å². The van der Waals surface area contributed by atoms with E-state index in [1.165, 1.54) is 17.8 Å². The van der Waals surface area contributed by atoms with Crippen molar-refractivity contribution in [1.29, 1.82) is 0 Å². The lowest BCUT2D eigenvalue weighted by molar-refractivity contribution is 0.569. The standard InChI is InChI=1S/C11H10O3S2/c1-2-15-11-9(7-12)8-5-3-4-6-10(8)16(11,13)14/h3-6,11H,2H2,1H3. The molecule has 0 N–H and O–H groups in total. The summed E-state index contributed by atoms with van der Waals surface area (Å²) in [5, 5.41) is 0. The van der Waals surface area contributed by atoms with Crippen LogP contribution in [0.4, 0.5) is 0 Å². The van der Waals surface area contributed by atoms with Crippen molar-refractivity contribution >= 4 is 33.1 Å². The van der Waals surface area contributed by atoms with Crippen LogP contribution in [0.1, 0.15) is 12.5 Å². The van der Waals surface area contributed by atoms with Gasteiger partial charge in [0.05, 0.1) is 10.5 Å². The normalized spacial score (nSPS) is 21.6. The molecule has 1 unspecified atom stereocenters. The van der Waals surface area contributed by atoms with E-state index in [2.05, 4.69) is 0 Å². The Morgan fingerprint density at radius 2 is 2.06 bits per heavy atom. The summed E-state index contributed by atoms with van der Waals surface area (Å²) in [6.45, 7) is 1.87. The van der Waals surface area contributed by atoms with Gasteiger partial charge >= 0.3 is 0 Å². The maximum Gasteiger partial charge on any atom is 0.196 e. The lowest BCUT2D eigenvalue weighted by Crippen LogP contribution is -2.12. The molecule has 0 aromatic heterocycles. The fourth-order valence-electron chi connectivity index (χ4n) is 1.76. The summed E-state index contributed by atoms with van der Waals surface area (Å²) in [7, 11) is -3.41. The molecule has 84 valence electrons. The molecule has 0 spiro atoms. The largest absolute Gasteiger partial charge is 0.233 e. The van der Waals surface area contributed by atoms with E-state index in [1.54, 1.807) is 24.1 Å². The molecule has 1 aromatic carbocycles. The Hall–Kier alpha value is -1.03. The number of hydrogen-bond acceptors (Lipinski definition) is 4. The van der Waals surface area contributed by atoms with Crippen molar-refractivity contribution in [2.45, 2.75) is 16.4 Å². The number of fused-ring (bicyclic) bond motifs is 1. The molecule has 0 saturated carbocycles. The fraction of sp³-hybridized carbons (Fsp3) is 0.273. The second-order valence-corrected chi connectivity index (χ2v) is 7.03. The second kappa shape index (κ2) is 4.09. The minimum atomic E-state index is -3.41. The van der Waals surface area contributed by atoms with Gasteiger partial charge in [-0.2, -0.15) is 0 Å². The van der Waals surface area contributed by atoms with Gasteiger partial charge in [0, 0.05) is 5.56 Å². The highest BCUT2D eigenvalue weighted by atomic mass is 32.3. The van der Waals surface area contributed by atoms with E-state index >= 15 is 0 Å². The van der Waals surface area contributed by atoms with Crippen LogP contribution in [-0.2, 0) is 14.6 Å². The van der Waals surface area contributed by atoms with Crippen molar-refractivity contribution in [3.05, 3.63) is 29.8 Å². The molecule has 1 aliphatic heterocycles. The van der Waals surface area contributed by atoms with Crippen LogP contribution in [0.5, 0.6) is 0 Å². The molecule has 3 nitrogen and oxygen atoms in total. The SMILES string of the molecule is CCSC1C(=C=O)c2ccccc2S1(=O)=O. The van der Waals surface area contributed by atoms with Crippen molar-refractivity contribution in [3.63, 3.8) is 0 Å². The van der Waals surface area contributed by atoms with E-state index in [1.807, 2.05) is 6.92 Å².